The maximum absolute atomic E-state index is 11.4. The lowest BCUT2D eigenvalue weighted by Gasteiger charge is -2.08. The summed E-state index contributed by atoms with van der Waals surface area (Å²) in [7, 11) is 0. The molecule has 2 rings (SSSR count). The molecule has 0 bridgehead atoms. The largest absolute Gasteiger partial charge is 0.466 e. The summed E-state index contributed by atoms with van der Waals surface area (Å²) in [5.74, 6) is -0.376. The normalized spacial score (nSPS) is 10.5. The van der Waals surface area contributed by atoms with Gasteiger partial charge in [0.2, 0.25) is 0 Å². The number of carbonyl (C=O) groups excluding carboxylic acids is 1. The molecule has 2 aromatic rings. The Bertz CT molecular complexity index is 890. The van der Waals surface area contributed by atoms with Crippen molar-refractivity contribution < 1.29 is 19.4 Å². The van der Waals surface area contributed by atoms with Gasteiger partial charge in [-0.15, -0.1) is 0 Å². The average molecular weight is 382 g/mol. The van der Waals surface area contributed by atoms with Crippen LogP contribution >= 0.6 is 0 Å². The summed E-state index contributed by atoms with van der Waals surface area (Å²) in [6, 6.07) is 12.0. The molecule has 0 radical (unpaired) electrons. The lowest BCUT2D eigenvalue weighted by atomic mass is 9.96. The lowest BCUT2D eigenvalue weighted by molar-refractivity contribution is -0.385. The third-order valence-electron chi connectivity index (χ3n) is 3.72. The molecule has 8 nitrogen and oxygen atoms in total. The zero-order valence-electron chi connectivity index (χ0n) is 15.1. The van der Waals surface area contributed by atoms with Crippen molar-refractivity contribution in [1.29, 1.82) is 0 Å². The van der Waals surface area contributed by atoms with Gasteiger partial charge in [0.05, 0.1) is 22.9 Å². The summed E-state index contributed by atoms with van der Waals surface area (Å²) < 4.78 is 4.84. The van der Waals surface area contributed by atoms with Crippen LogP contribution in [0.1, 0.15) is 24.5 Å². The fourth-order valence-corrected chi connectivity index (χ4v) is 2.48. The maximum atomic E-state index is 11.4. The van der Waals surface area contributed by atoms with Crippen LogP contribution in [0.2, 0.25) is 0 Å². The smallest absolute Gasteiger partial charge is 0.309 e. The van der Waals surface area contributed by atoms with E-state index in [0.717, 1.165) is 0 Å². The van der Waals surface area contributed by atoms with E-state index >= 15 is 0 Å². The number of non-ortho nitro benzene ring substituents is 2. The Kier molecular flexibility index (Phi) is 7.15. The van der Waals surface area contributed by atoms with Gasteiger partial charge < -0.3 is 4.74 Å². The predicted molar refractivity (Wildman–Crippen MR) is 104 cm³/mol. The Labute approximate surface area is 161 Å². The molecule has 0 fully saturated rings. The van der Waals surface area contributed by atoms with Crippen LogP contribution in [-0.2, 0) is 9.53 Å². The number of rotatable bonds is 8. The van der Waals surface area contributed by atoms with Crippen LogP contribution in [0, 0.1) is 20.2 Å². The summed E-state index contributed by atoms with van der Waals surface area (Å²) in [6.07, 6.45) is 4.93. The molecule has 0 aliphatic rings. The molecule has 0 amide bonds. The number of nitro benzene ring substituents is 2. The van der Waals surface area contributed by atoms with Gasteiger partial charge in [-0.1, -0.05) is 42.5 Å². The number of hydrogen-bond donors (Lipinski definition) is 0. The molecule has 0 spiro atoms. The fraction of sp³-hybridized carbons (Fsp3) is 0.150. The molecule has 0 saturated carbocycles. The Balaban J connectivity index is 2.45. The molecule has 0 heterocycles. The van der Waals surface area contributed by atoms with Crippen LogP contribution < -0.4 is 0 Å². The Hall–Kier alpha value is -3.81. The molecule has 144 valence electrons. The predicted octanol–water partition coefficient (Wildman–Crippen LogP) is 4.44. The van der Waals surface area contributed by atoms with Gasteiger partial charge in [-0.25, -0.2) is 0 Å². The molecule has 2 aromatic carbocycles. The second kappa shape index (κ2) is 9.77. The minimum Gasteiger partial charge on any atom is -0.466 e. The van der Waals surface area contributed by atoms with Crippen LogP contribution in [0.3, 0.4) is 0 Å². The summed E-state index contributed by atoms with van der Waals surface area (Å²) in [6.45, 7) is 2.00. The Morgan fingerprint density at radius 1 is 1.00 bits per heavy atom. The number of hydrogen-bond acceptors (Lipinski definition) is 6. The van der Waals surface area contributed by atoms with E-state index in [1.165, 1.54) is 24.3 Å². The first-order valence-corrected chi connectivity index (χ1v) is 8.44. The van der Waals surface area contributed by atoms with Crippen LogP contribution in [0.4, 0.5) is 11.4 Å². The summed E-state index contributed by atoms with van der Waals surface area (Å²) >= 11 is 0. The first kappa shape index (κ1) is 20.5. The first-order chi connectivity index (χ1) is 13.4. The number of benzene rings is 2. The molecule has 8 heteroatoms. The highest BCUT2D eigenvalue weighted by Crippen LogP contribution is 2.28. The average Bonchev–Trinajstić information content (AvgIpc) is 2.68. The second-order valence-electron chi connectivity index (χ2n) is 5.63. The van der Waals surface area contributed by atoms with Gasteiger partial charge >= 0.3 is 5.97 Å². The number of carbonyl (C=O) groups is 1. The number of ether oxygens (including phenoxy) is 1. The van der Waals surface area contributed by atoms with Gasteiger partial charge in [-0.05, 0) is 23.6 Å². The standard InChI is InChI=1S/C20H18N2O6/c1-2-28-20(23)12-4-3-11-19(15-7-5-9-17(13-15)21(24)25)16-8-6-10-18(14-16)22(26)27/h3-11,13-14H,2,12H2,1H3/b4-3-. The van der Waals surface area contributed by atoms with Crippen molar-refractivity contribution in [2.75, 3.05) is 6.61 Å². The van der Waals surface area contributed by atoms with Crippen molar-refractivity contribution in [2.45, 2.75) is 13.3 Å². The third-order valence-corrected chi connectivity index (χ3v) is 3.72. The zero-order chi connectivity index (χ0) is 20.5. The monoisotopic (exact) mass is 382 g/mol. The molecule has 0 aliphatic heterocycles. The number of esters is 1. The molecule has 0 N–H and O–H groups in total. The van der Waals surface area contributed by atoms with E-state index in [1.54, 1.807) is 49.4 Å². The van der Waals surface area contributed by atoms with Crippen LogP contribution in [0.25, 0.3) is 5.57 Å². The first-order valence-electron chi connectivity index (χ1n) is 8.44. The van der Waals surface area contributed by atoms with Crippen molar-refractivity contribution in [3.8, 4) is 0 Å². The van der Waals surface area contributed by atoms with Crippen molar-refractivity contribution in [2.24, 2.45) is 0 Å². The van der Waals surface area contributed by atoms with E-state index in [1.807, 2.05) is 0 Å². The molecule has 0 unspecified atom stereocenters. The summed E-state index contributed by atoms with van der Waals surface area (Å²) in [5, 5.41) is 22.2. The molecule has 0 atom stereocenters. The van der Waals surface area contributed by atoms with E-state index < -0.39 is 9.85 Å². The Morgan fingerprint density at radius 3 is 2.00 bits per heavy atom. The molecular weight excluding hydrogens is 364 g/mol. The highest BCUT2D eigenvalue weighted by atomic mass is 16.6. The van der Waals surface area contributed by atoms with Gasteiger partial charge in [0.1, 0.15) is 0 Å². The van der Waals surface area contributed by atoms with Crippen molar-refractivity contribution >= 4 is 22.9 Å². The van der Waals surface area contributed by atoms with Crippen molar-refractivity contribution in [1.82, 2.24) is 0 Å². The molecule has 28 heavy (non-hydrogen) atoms. The zero-order valence-corrected chi connectivity index (χ0v) is 15.1. The van der Waals surface area contributed by atoms with Gasteiger partial charge in [-0.2, -0.15) is 0 Å². The SMILES string of the molecule is CCOC(=O)C/C=C\C=C(c1cccc([N+](=O)[O-])c1)c1cccc([N+](=O)[O-])c1. The number of nitro groups is 2. The van der Waals surface area contributed by atoms with Crippen LogP contribution in [0.5, 0.6) is 0 Å². The van der Waals surface area contributed by atoms with Gasteiger partial charge in [-0.3, -0.25) is 25.0 Å². The van der Waals surface area contributed by atoms with Crippen LogP contribution in [0.15, 0.2) is 66.8 Å². The highest BCUT2D eigenvalue weighted by Gasteiger charge is 2.13. The van der Waals surface area contributed by atoms with E-state index in [2.05, 4.69) is 0 Å². The highest BCUT2D eigenvalue weighted by molar-refractivity contribution is 5.82. The lowest BCUT2D eigenvalue weighted by Crippen LogP contribution is -2.01. The van der Waals surface area contributed by atoms with E-state index in [9.17, 15) is 25.0 Å². The maximum Gasteiger partial charge on any atom is 0.309 e. The van der Waals surface area contributed by atoms with Gasteiger partial charge in [0.25, 0.3) is 11.4 Å². The van der Waals surface area contributed by atoms with Crippen molar-refractivity contribution in [3.63, 3.8) is 0 Å². The van der Waals surface area contributed by atoms with Crippen LogP contribution in [-0.4, -0.2) is 22.4 Å². The fourth-order valence-electron chi connectivity index (χ4n) is 2.48. The van der Waals surface area contributed by atoms with Gasteiger partial charge in [0.15, 0.2) is 0 Å². The quantitative estimate of drug-likeness (QED) is 0.289. The topological polar surface area (TPSA) is 113 Å². The number of nitrogens with zero attached hydrogens (tertiary/aromatic N) is 2. The Morgan fingerprint density at radius 2 is 1.54 bits per heavy atom. The molecule has 0 saturated heterocycles. The second-order valence-corrected chi connectivity index (χ2v) is 5.63. The molecule has 0 aromatic heterocycles. The van der Waals surface area contributed by atoms with E-state index in [0.29, 0.717) is 16.7 Å². The molecular formula is C20H18N2O6. The number of allylic oxidation sites excluding steroid dienone is 2. The molecule has 0 aliphatic carbocycles. The van der Waals surface area contributed by atoms with E-state index in [4.69, 9.17) is 4.74 Å². The minimum absolute atomic E-state index is 0.0709. The summed E-state index contributed by atoms with van der Waals surface area (Å²) in [4.78, 5) is 32.6. The third kappa shape index (κ3) is 5.60. The van der Waals surface area contributed by atoms with E-state index in [-0.39, 0.29) is 30.4 Å². The minimum atomic E-state index is -0.509. The van der Waals surface area contributed by atoms with Gasteiger partial charge in [0, 0.05) is 24.3 Å². The summed E-state index contributed by atoms with van der Waals surface area (Å²) in [5.41, 5.74) is 1.41. The van der Waals surface area contributed by atoms with Crippen molar-refractivity contribution in [3.05, 3.63) is 98.1 Å².